The number of amides is 1. The fourth-order valence-electron chi connectivity index (χ4n) is 2.01. The second-order valence-electron chi connectivity index (χ2n) is 5.01. The first-order valence-corrected chi connectivity index (χ1v) is 6.81. The summed E-state index contributed by atoms with van der Waals surface area (Å²) in [5, 5.41) is 13.3. The molecule has 4 heteroatoms. The Hall–Kier alpha value is -2.72. The van der Waals surface area contributed by atoms with Crippen molar-refractivity contribution in [2.24, 2.45) is 0 Å². The molecule has 0 bridgehead atoms. The number of ketones is 1. The molecule has 0 aliphatic rings. The third-order valence-corrected chi connectivity index (χ3v) is 3.24. The van der Waals surface area contributed by atoms with Gasteiger partial charge in [-0.2, -0.15) is 0 Å². The summed E-state index contributed by atoms with van der Waals surface area (Å²) in [5.74, 6) is -1.19. The van der Waals surface area contributed by atoms with Crippen LogP contribution in [0.5, 0.6) is 0 Å². The second kappa shape index (κ2) is 6.37. The number of rotatable bonds is 5. The van der Waals surface area contributed by atoms with Gasteiger partial charge in [-0.25, -0.2) is 0 Å². The molecule has 1 unspecified atom stereocenters. The van der Waals surface area contributed by atoms with E-state index in [2.05, 4.69) is 11.9 Å². The molecule has 0 saturated carbocycles. The van der Waals surface area contributed by atoms with Gasteiger partial charge >= 0.3 is 0 Å². The maximum atomic E-state index is 12.7. The van der Waals surface area contributed by atoms with Gasteiger partial charge in [0.1, 0.15) is 0 Å². The summed E-state index contributed by atoms with van der Waals surface area (Å²) in [6.07, 6.45) is 0. The smallest absolute Gasteiger partial charge is 0.249 e. The molecule has 112 valence electrons. The Morgan fingerprint density at radius 1 is 1.00 bits per heavy atom. The monoisotopic (exact) mass is 295 g/mol. The largest absolute Gasteiger partial charge is 0.361 e. The molecule has 0 heterocycles. The summed E-state index contributed by atoms with van der Waals surface area (Å²) in [4.78, 5) is 24.7. The van der Waals surface area contributed by atoms with Gasteiger partial charge in [-0.1, -0.05) is 67.2 Å². The normalized spacial score (nSPS) is 13.0. The molecule has 22 heavy (non-hydrogen) atoms. The zero-order valence-corrected chi connectivity index (χ0v) is 12.2. The standard InChI is InChI=1S/C18H17NO3/c1-13(2)17(21)19-18(22,15-11-7-4-8-12-15)16(20)14-9-5-3-6-10-14/h3-12,22H,1H2,2H3,(H,19,21). The molecule has 0 saturated heterocycles. The van der Waals surface area contributed by atoms with Crippen molar-refractivity contribution in [3.63, 3.8) is 0 Å². The third kappa shape index (κ3) is 3.13. The Labute approximate surface area is 129 Å². The molecule has 4 nitrogen and oxygen atoms in total. The van der Waals surface area contributed by atoms with Gasteiger partial charge in [0, 0.05) is 16.7 Å². The molecule has 2 aromatic carbocycles. The molecule has 2 N–H and O–H groups in total. The summed E-state index contributed by atoms with van der Waals surface area (Å²) in [6, 6.07) is 16.6. The van der Waals surface area contributed by atoms with Crippen molar-refractivity contribution in [2.45, 2.75) is 12.6 Å². The number of carbonyl (C=O) groups excluding carboxylic acids is 2. The van der Waals surface area contributed by atoms with E-state index in [1.807, 2.05) is 0 Å². The maximum absolute atomic E-state index is 12.7. The van der Waals surface area contributed by atoms with E-state index < -0.39 is 17.4 Å². The van der Waals surface area contributed by atoms with Gasteiger partial charge in [0.15, 0.2) is 0 Å². The van der Waals surface area contributed by atoms with Crippen molar-refractivity contribution in [3.05, 3.63) is 83.9 Å². The van der Waals surface area contributed by atoms with Gasteiger partial charge in [0.25, 0.3) is 0 Å². The number of Topliss-reactive ketones (excluding diaryl/α,β-unsaturated/α-hetero) is 1. The van der Waals surface area contributed by atoms with E-state index in [4.69, 9.17) is 0 Å². The van der Waals surface area contributed by atoms with Crippen molar-refractivity contribution < 1.29 is 14.7 Å². The van der Waals surface area contributed by atoms with E-state index in [-0.39, 0.29) is 5.57 Å². The van der Waals surface area contributed by atoms with Gasteiger partial charge in [-0.05, 0) is 6.92 Å². The Balaban J connectivity index is 2.48. The van der Waals surface area contributed by atoms with E-state index in [9.17, 15) is 14.7 Å². The van der Waals surface area contributed by atoms with Crippen LogP contribution in [0.15, 0.2) is 72.8 Å². The number of benzene rings is 2. The fraction of sp³-hybridized carbons (Fsp3) is 0.111. The average molecular weight is 295 g/mol. The van der Waals surface area contributed by atoms with E-state index in [1.165, 1.54) is 6.92 Å². The third-order valence-electron chi connectivity index (χ3n) is 3.24. The van der Waals surface area contributed by atoms with Gasteiger partial charge in [0.2, 0.25) is 17.4 Å². The Morgan fingerprint density at radius 2 is 1.50 bits per heavy atom. The van der Waals surface area contributed by atoms with Gasteiger partial charge in [-0.3, -0.25) is 9.59 Å². The molecule has 2 rings (SSSR count). The van der Waals surface area contributed by atoms with Crippen LogP contribution >= 0.6 is 0 Å². The molecule has 0 aromatic heterocycles. The van der Waals surface area contributed by atoms with Crippen LogP contribution in [0.2, 0.25) is 0 Å². The lowest BCUT2D eigenvalue weighted by Gasteiger charge is -2.28. The van der Waals surface area contributed by atoms with Gasteiger partial charge in [0.05, 0.1) is 0 Å². The minimum Gasteiger partial charge on any atom is -0.361 e. The molecule has 0 spiro atoms. The van der Waals surface area contributed by atoms with Crippen LogP contribution in [-0.4, -0.2) is 16.8 Å². The van der Waals surface area contributed by atoms with Crippen LogP contribution in [0, 0.1) is 0 Å². The SMILES string of the molecule is C=C(C)C(=O)NC(O)(C(=O)c1ccccc1)c1ccccc1. The molecule has 0 aliphatic heterocycles. The Kier molecular flexibility index (Phi) is 4.53. The number of nitrogens with one attached hydrogen (secondary N) is 1. The van der Waals surface area contributed by atoms with Gasteiger partial charge in [-0.15, -0.1) is 0 Å². The molecule has 1 atom stereocenters. The Morgan fingerprint density at radius 3 is 2.00 bits per heavy atom. The fourth-order valence-corrected chi connectivity index (χ4v) is 2.01. The predicted octanol–water partition coefficient (Wildman–Crippen LogP) is 2.41. The number of carbonyl (C=O) groups is 2. The van der Waals surface area contributed by atoms with Gasteiger partial charge < -0.3 is 10.4 Å². The molecular formula is C18H17NO3. The molecule has 0 radical (unpaired) electrons. The lowest BCUT2D eigenvalue weighted by molar-refractivity contribution is -0.123. The second-order valence-corrected chi connectivity index (χ2v) is 5.01. The van der Waals surface area contributed by atoms with Crippen LogP contribution in [0.3, 0.4) is 0 Å². The van der Waals surface area contributed by atoms with Crippen LogP contribution in [-0.2, 0) is 10.5 Å². The summed E-state index contributed by atoms with van der Waals surface area (Å²) < 4.78 is 0. The van der Waals surface area contributed by atoms with E-state index in [1.54, 1.807) is 60.7 Å². The highest BCUT2D eigenvalue weighted by atomic mass is 16.3. The van der Waals surface area contributed by atoms with Crippen LogP contribution in [0.1, 0.15) is 22.8 Å². The lowest BCUT2D eigenvalue weighted by atomic mass is 9.93. The maximum Gasteiger partial charge on any atom is 0.249 e. The molecule has 2 aromatic rings. The lowest BCUT2D eigenvalue weighted by Crippen LogP contribution is -2.52. The topological polar surface area (TPSA) is 66.4 Å². The van der Waals surface area contributed by atoms with Crippen molar-refractivity contribution in [3.8, 4) is 0 Å². The summed E-state index contributed by atoms with van der Waals surface area (Å²) in [5.41, 5.74) is -1.34. The quantitative estimate of drug-likeness (QED) is 0.506. The first-order valence-electron chi connectivity index (χ1n) is 6.81. The minimum atomic E-state index is -2.14. The Bertz CT molecular complexity index is 695. The summed E-state index contributed by atoms with van der Waals surface area (Å²) in [7, 11) is 0. The van der Waals surface area contributed by atoms with Crippen LogP contribution < -0.4 is 5.32 Å². The molecule has 0 aliphatic carbocycles. The first-order chi connectivity index (χ1) is 10.4. The summed E-state index contributed by atoms with van der Waals surface area (Å²) in [6.45, 7) is 5.04. The predicted molar refractivity (Wildman–Crippen MR) is 84.1 cm³/mol. The van der Waals surface area contributed by atoms with Crippen molar-refractivity contribution >= 4 is 11.7 Å². The average Bonchev–Trinajstić information content (AvgIpc) is 2.55. The first kappa shape index (κ1) is 15.7. The van der Waals surface area contributed by atoms with Crippen molar-refractivity contribution in [1.29, 1.82) is 0 Å². The van der Waals surface area contributed by atoms with E-state index in [0.717, 1.165) is 0 Å². The van der Waals surface area contributed by atoms with E-state index >= 15 is 0 Å². The summed E-state index contributed by atoms with van der Waals surface area (Å²) >= 11 is 0. The molecular weight excluding hydrogens is 278 g/mol. The molecule has 1 amide bonds. The highest BCUT2D eigenvalue weighted by molar-refractivity contribution is 6.06. The zero-order chi connectivity index (χ0) is 16.2. The highest BCUT2D eigenvalue weighted by Gasteiger charge is 2.40. The number of hydrogen-bond acceptors (Lipinski definition) is 3. The van der Waals surface area contributed by atoms with Crippen molar-refractivity contribution in [2.75, 3.05) is 0 Å². The van der Waals surface area contributed by atoms with E-state index in [0.29, 0.717) is 11.1 Å². The van der Waals surface area contributed by atoms with Crippen LogP contribution in [0.4, 0.5) is 0 Å². The number of hydrogen-bond donors (Lipinski definition) is 2. The highest BCUT2D eigenvalue weighted by Crippen LogP contribution is 2.23. The minimum absolute atomic E-state index is 0.204. The number of aliphatic hydroxyl groups is 1. The molecule has 0 fully saturated rings. The zero-order valence-electron chi connectivity index (χ0n) is 12.2. The van der Waals surface area contributed by atoms with Crippen molar-refractivity contribution in [1.82, 2.24) is 5.32 Å². The van der Waals surface area contributed by atoms with Crippen LogP contribution in [0.25, 0.3) is 0 Å².